The summed E-state index contributed by atoms with van der Waals surface area (Å²) in [5, 5.41) is 12.9. The number of hydrogen-bond donors (Lipinski definition) is 2. The van der Waals surface area contributed by atoms with Crippen LogP contribution in [0, 0.1) is 0 Å². The van der Waals surface area contributed by atoms with E-state index >= 15 is 0 Å². The molecule has 2 atom stereocenters. The zero-order valence-electron chi connectivity index (χ0n) is 13.0. The normalized spacial score (nSPS) is 18.2. The van der Waals surface area contributed by atoms with Gasteiger partial charge in [0, 0.05) is 37.7 Å². The van der Waals surface area contributed by atoms with Crippen LogP contribution in [0.1, 0.15) is 25.0 Å². The molecule has 0 aromatic heterocycles. The Labute approximate surface area is 126 Å². The topological polar surface area (TPSA) is 60.0 Å². The van der Waals surface area contributed by atoms with Crippen molar-refractivity contribution in [2.45, 2.75) is 39.0 Å². The minimum atomic E-state index is -0.503. The van der Waals surface area contributed by atoms with Crippen molar-refractivity contribution in [3.05, 3.63) is 23.3 Å². The van der Waals surface area contributed by atoms with Gasteiger partial charge in [0.15, 0.2) is 0 Å². The van der Waals surface area contributed by atoms with E-state index in [9.17, 15) is 5.11 Å². The van der Waals surface area contributed by atoms with Crippen molar-refractivity contribution in [3.8, 4) is 11.5 Å². The molecule has 0 saturated carbocycles. The molecule has 1 heterocycles. The first-order valence-corrected chi connectivity index (χ1v) is 7.47. The van der Waals surface area contributed by atoms with Crippen molar-refractivity contribution >= 4 is 0 Å². The third kappa shape index (κ3) is 4.33. The maximum absolute atomic E-state index is 9.65. The minimum Gasteiger partial charge on any atom is -0.494 e. The van der Waals surface area contributed by atoms with Crippen LogP contribution in [0.2, 0.25) is 0 Å². The second-order valence-corrected chi connectivity index (χ2v) is 5.37. The predicted molar refractivity (Wildman–Crippen MR) is 81.0 cm³/mol. The number of benzene rings is 1. The number of hydrogen-bond acceptors (Lipinski definition) is 5. The van der Waals surface area contributed by atoms with E-state index < -0.39 is 6.10 Å². The molecular formula is C16H25NO4. The molecule has 2 rings (SSSR count). The Bertz CT molecular complexity index is 464. The van der Waals surface area contributed by atoms with E-state index in [0.29, 0.717) is 26.3 Å². The van der Waals surface area contributed by atoms with Crippen molar-refractivity contribution < 1.29 is 19.3 Å². The van der Waals surface area contributed by atoms with Gasteiger partial charge < -0.3 is 24.6 Å². The lowest BCUT2D eigenvalue weighted by atomic mass is 10.1. The largest absolute Gasteiger partial charge is 0.494 e. The number of aliphatic hydroxyl groups is 1. The Hall–Kier alpha value is -1.30. The predicted octanol–water partition coefficient (Wildman–Crippen LogP) is 1.51. The van der Waals surface area contributed by atoms with Gasteiger partial charge in [0.2, 0.25) is 0 Å². The Morgan fingerprint density at radius 3 is 3.00 bits per heavy atom. The summed E-state index contributed by atoms with van der Waals surface area (Å²) < 4.78 is 16.4. The second kappa shape index (κ2) is 7.64. The van der Waals surface area contributed by atoms with Gasteiger partial charge in [0.1, 0.15) is 17.6 Å². The lowest BCUT2D eigenvalue weighted by Crippen LogP contribution is -2.29. The molecule has 0 fully saturated rings. The summed E-state index contributed by atoms with van der Waals surface area (Å²) in [4.78, 5) is 0. The molecule has 2 unspecified atom stereocenters. The molecule has 1 aliphatic heterocycles. The van der Waals surface area contributed by atoms with Crippen LogP contribution in [0.4, 0.5) is 0 Å². The molecule has 0 spiro atoms. The summed E-state index contributed by atoms with van der Waals surface area (Å²) >= 11 is 0. The van der Waals surface area contributed by atoms with Gasteiger partial charge in [-0.1, -0.05) is 0 Å². The third-order valence-electron chi connectivity index (χ3n) is 3.43. The van der Waals surface area contributed by atoms with Crippen LogP contribution in [0.25, 0.3) is 0 Å². The van der Waals surface area contributed by atoms with Gasteiger partial charge in [-0.25, -0.2) is 0 Å². The molecular weight excluding hydrogens is 270 g/mol. The van der Waals surface area contributed by atoms with E-state index in [1.54, 1.807) is 7.11 Å². The SMILES string of the molecule is CCOc1cc2c(cc1CNCC(O)COC)OC(C)C2. The average Bonchev–Trinajstić information content (AvgIpc) is 2.78. The van der Waals surface area contributed by atoms with Gasteiger partial charge in [-0.2, -0.15) is 0 Å². The molecule has 0 saturated heterocycles. The quantitative estimate of drug-likeness (QED) is 0.761. The van der Waals surface area contributed by atoms with E-state index in [0.717, 1.165) is 23.5 Å². The first kappa shape index (κ1) is 16.1. The second-order valence-electron chi connectivity index (χ2n) is 5.37. The van der Waals surface area contributed by atoms with E-state index in [2.05, 4.69) is 18.3 Å². The molecule has 1 aliphatic rings. The summed E-state index contributed by atoms with van der Waals surface area (Å²) in [6, 6.07) is 4.12. The van der Waals surface area contributed by atoms with Crippen LogP contribution in [-0.2, 0) is 17.7 Å². The fourth-order valence-corrected chi connectivity index (χ4v) is 2.53. The Morgan fingerprint density at radius 1 is 1.48 bits per heavy atom. The monoisotopic (exact) mass is 295 g/mol. The van der Waals surface area contributed by atoms with Crippen molar-refractivity contribution in [1.82, 2.24) is 5.32 Å². The Kier molecular flexibility index (Phi) is 5.85. The molecule has 0 bridgehead atoms. The Morgan fingerprint density at radius 2 is 2.29 bits per heavy atom. The highest BCUT2D eigenvalue weighted by Gasteiger charge is 2.21. The lowest BCUT2D eigenvalue weighted by molar-refractivity contribution is 0.0643. The summed E-state index contributed by atoms with van der Waals surface area (Å²) in [5.74, 6) is 1.84. The average molecular weight is 295 g/mol. The molecule has 118 valence electrons. The standard InChI is InChI=1S/C16H25NO4/c1-4-20-15-6-12-5-11(2)21-16(12)7-13(15)8-17-9-14(18)10-19-3/h6-7,11,14,17-18H,4-5,8-10H2,1-3H3. The van der Waals surface area contributed by atoms with Crippen molar-refractivity contribution in [3.63, 3.8) is 0 Å². The summed E-state index contributed by atoms with van der Waals surface area (Å²) in [5.41, 5.74) is 2.25. The molecule has 5 nitrogen and oxygen atoms in total. The number of rotatable bonds is 8. The van der Waals surface area contributed by atoms with Gasteiger partial charge in [-0.3, -0.25) is 0 Å². The van der Waals surface area contributed by atoms with Crippen LogP contribution >= 0.6 is 0 Å². The molecule has 0 aliphatic carbocycles. The molecule has 2 N–H and O–H groups in total. The van der Waals surface area contributed by atoms with E-state index in [4.69, 9.17) is 14.2 Å². The fourth-order valence-electron chi connectivity index (χ4n) is 2.53. The molecule has 21 heavy (non-hydrogen) atoms. The van der Waals surface area contributed by atoms with Gasteiger partial charge in [-0.05, 0) is 26.0 Å². The Balaban J connectivity index is 2.02. The van der Waals surface area contributed by atoms with Crippen molar-refractivity contribution in [1.29, 1.82) is 0 Å². The van der Waals surface area contributed by atoms with Crippen LogP contribution in [-0.4, -0.2) is 44.2 Å². The maximum Gasteiger partial charge on any atom is 0.124 e. The lowest BCUT2D eigenvalue weighted by Gasteiger charge is -2.15. The number of aliphatic hydroxyl groups excluding tert-OH is 1. The summed E-state index contributed by atoms with van der Waals surface area (Å²) in [7, 11) is 1.58. The van der Waals surface area contributed by atoms with Gasteiger partial charge >= 0.3 is 0 Å². The highest BCUT2D eigenvalue weighted by Crippen LogP contribution is 2.35. The van der Waals surface area contributed by atoms with Crippen molar-refractivity contribution in [2.24, 2.45) is 0 Å². The maximum atomic E-state index is 9.65. The molecule has 0 radical (unpaired) electrons. The third-order valence-corrected chi connectivity index (χ3v) is 3.43. The van der Waals surface area contributed by atoms with E-state index in [-0.39, 0.29) is 6.10 Å². The highest BCUT2D eigenvalue weighted by atomic mass is 16.5. The fraction of sp³-hybridized carbons (Fsp3) is 0.625. The van der Waals surface area contributed by atoms with Gasteiger partial charge in [-0.15, -0.1) is 0 Å². The highest BCUT2D eigenvalue weighted by molar-refractivity contribution is 5.48. The van der Waals surface area contributed by atoms with E-state index in [1.807, 2.05) is 13.0 Å². The zero-order chi connectivity index (χ0) is 15.2. The summed E-state index contributed by atoms with van der Waals surface area (Å²) in [6.45, 7) is 6.12. The smallest absolute Gasteiger partial charge is 0.124 e. The van der Waals surface area contributed by atoms with Gasteiger partial charge in [0.25, 0.3) is 0 Å². The zero-order valence-corrected chi connectivity index (χ0v) is 13.0. The van der Waals surface area contributed by atoms with Crippen molar-refractivity contribution in [2.75, 3.05) is 26.9 Å². The molecule has 5 heteroatoms. The number of nitrogens with one attached hydrogen (secondary N) is 1. The van der Waals surface area contributed by atoms with Crippen LogP contribution in [0.5, 0.6) is 11.5 Å². The van der Waals surface area contributed by atoms with Crippen LogP contribution in [0.3, 0.4) is 0 Å². The first-order valence-electron chi connectivity index (χ1n) is 7.47. The van der Waals surface area contributed by atoms with E-state index in [1.165, 1.54) is 5.56 Å². The summed E-state index contributed by atoms with van der Waals surface area (Å²) in [6.07, 6.45) is 0.646. The number of ether oxygens (including phenoxy) is 3. The van der Waals surface area contributed by atoms with Gasteiger partial charge in [0.05, 0.1) is 19.3 Å². The molecule has 1 aromatic carbocycles. The van der Waals surface area contributed by atoms with Crippen LogP contribution < -0.4 is 14.8 Å². The number of fused-ring (bicyclic) bond motifs is 1. The molecule has 1 aromatic rings. The first-order chi connectivity index (χ1) is 10.1. The molecule has 0 amide bonds. The number of methoxy groups -OCH3 is 1. The van der Waals surface area contributed by atoms with Crippen LogP contribution in [0.15, 0.2) is 12.1 Å². The minimum absolute atomic E-state index is 0.223.